The fourth-order valence-corrected chi connectivity index (χ4v) is 2.43. The standard InChI is InChI=1S/C24H19N3/c1-5-27(17-11-7-10-14-21-12-8-6-9-13-21)23-16-15-22(20(2)18-23)19-24(25-3)26-4/h6,8-9,12-13,15-16,18-19H,5,14H2,1-2H3. The number of nitrogens with zero attached hydrogens (tertiary/aromatic N) is 3. The molecule has 2 aromatic carbocycles. The zero-order valence-corrected chi connectivity index (χ0v) is 15.5. The average molecular weight is 349 g/mol. The Kier molecular flexibility index (Phi) is 7.30. The molecule has 2 aromatic rings. The van der Waals surface area contributed by atoms with E-state index in [1.165, 1.54) is 5.56 Å². The van der Waals surface area contributed by atoms with Gasteiger partial charge in [0.25, 0.3) is 0 Å². The van der Waals surface area contributed by atoms with Crippen LogP contribution < -0.4 is 4.90 Å². The molecule has 3 heteroatoms. The van der Waals surface area contributed by atoms with Crippen LogP contribution in [-0.4, -0.2) is 6.54 Å². The Bertz CT molecular complexity index is 1010. The molecular formula is C24H19N3. The summed E-state index contributed by atoms with van der Waals surface area (Å²) < 4.78 is 0. The summed E-state index contributed by atoms with van der Waals surface area (Å²) in [5, 5.41) is 0. The number of aryl methyl sites for hydroxylation is 1. The molecule has 0 N–H and O–H groups in total. The number of rotatable bonds is 4. The first kappa shape index (κ1) is 19.4. The van der Waals surface area contributed by atoms with E-state index in [9.17, 15) is 0 Å². The largest absolute Gasteiger partial charge is 0.519 e. The highest BCUT2D eigenvalue weighted by Crippen LogP contribution is 2.21. The van der Waals surface area contributed by atoms with Gasteiger partial charge in [0, 0.05) is 36.7 Å². The lowest BCUT2D eigenvalue weighted by atomic mass is 10.1. The maximum Gasteiger partial charge on any atom is 0.519 e. The molecule has 0 spiro atoms. The fraction of sp³-hybridized carbons (Fsp3) is 0.167. The normalized spacial score (nSPS) is 8.74. The summed E-state index contributed by atoms with van der Waals surface area (Å²) in [6.07, 6.45) is 2.29. The van der Waals surface area contributed by atoms with Gasteiger partial charge in [-0.2, -0.15) is 9.69 Å². The van der Waals surface area contributed by atoms with Gasteiger partial charge < -0.3 is 4.90 Å². The first-order valence-electron chi connectivity index (χ1n) is 8.55. The molecule has 0 amide bonds. The van der Waals surface area contributed by atoms with Crippen molar-refractivity contribution in [1.82, 2.24) is 0 Å². The Morgan fingerprint density at radius 1 is 1.07 bits per heavy atom. The minimum atomic E-state index is 0.0617. The third kappa shape index (κ3) is 5.83. The Morgan fingerprint density at radius 2 is 1.81 bits per heavy atom. The van der Waals surface area contributed by atoms with E-state index in [1.807, 2.05) is 67.3 Å². The van der Waals surface area contributed by atoms with E-state index in [4.69, 9.17) is 13.1 Å². The van der Waals surface area contributed by atoms with Crippen molar-refractivity contribution in [3.8, 4) is 23.8 Å². The fourth-order valence-electron chi connectivity index (χ4n) is 2.43. The average Bonchev–Trinajstić information content (AvgIpc) is 2.70. The monoisotopic (exact) mass is 349 g/mol. The second-order valence-electron chi connectivity index (χ2n) is 5.71. The van der Waals surface area contributed by atoms with Gasteiger partial charge in [-0.3, -0.25) is 0 Å². The quantitative estimate of drug-likeness (QED) is 0.421. The summed E-state index contributed by atoms with van der Waals surface area (Å²) in [5.74, 6) is 8.95. The summed E-state index contributed by atoms with van der Waals surface area (Å²) >= 11 is 0. The Morgan fingerprint density at radius 3 is 2.44 bits per heavy atom. The minimum Gasteiger partial charge on any atom is -0.301 e. The minimum absolute atomic E-state index is 0.0617. The Hall–Kier alpha value is -3.92. The lowest BCUT2D eigenvalue weighted by Crippen LogP contribution is -2.15. The van der Waals surface area contributed by atoms with Crippen molar-refractivity contribution >= 4 is 11.8 Å². The maximum absolute atomic E-state index is 6.99. The second-order valence-corrected chi connectivity index (χ2v) is 5.71. The first-order valence-corrected chi connectivity index (χ1v) is 8.55. The summed E-state index contributed by atoms with van der Waals surface area (Å²) in [5.41, 5.74) is 4.01. The van der Waals surface area contributed by atoms with E-state index in [-0.39, 0.29) is 5.82 Å². The number of hydrogen-bond acceptors (Lipinski definition) is 1. The van der Waals surface area contributed by atoms with Crippen LogP contribution in [0, 0.1) is 43.9 Å². The molecule has 27 heavy (non-hydrogen) atoms. The third-order valence-corrected chi connectivity index (χ3v) is 3.87. The predicted octanol–water partition coefficient (Wildman–Crippen LogP) is 5.17. The van der Waals surface area contributed by atoms with Gasteiger partial charge in [-0.1, -0.05) is 42.3 Å². The summed E-state index contributed by atoms with van der Waals surface area (Å²) in [6.45, 7) is 18.7. The maximum atomic E-state index is 6.99. The van der Waals surface area contributed by atoms with Gasteiger partial charge in [0.15, 0.2) is 0 Å². The first-order chi connectivity index (χ1) is 13.2. The van der Waals surface area contributed by atoms with E-state index < -0.39 is 0 Å². The van der Waals surface area contributed by atoms with Crippen LogP contribution in [0.25, 0.3) is 15.8 Å². The van der Waals surface area contributed by atoms with Crippen LogP contribution >= 0.6 is 0 Å². The van der Waals surface area contributed by atoms with Crippen LogP contribution in [0.5, 0.6) is 0 Å². The molecule has 0 aliphatic rings. The number of anilines is 1. The van der Waals surface area contributed by atoms with Crippen LogP contribution in [0.2, 0.25) is 0 Å². The van der Waals surface area contributed by atoms with Crippen LogP contribution in [-0.2, 0) is 6.42 Å². The molecule has 0 saturated heterocycles. The van der Waals surface area contributed by atoms with Gasteiger partial charge in [0.1, 0.15) is 13.1 Å². The van der Waals surface area contributed by atoms with Gasteiger partial charge in [-0.05, 0) is 48.6 Å². The van der Waals surface area contributed by atoms with Crippen molar-refractivity contribution in [3.05, 3.63) is 93.9 Å². The highest BCUT2D eigenvalue weighted by molar-refractivity contribution is 5.64. The Balaban J connectivity index is 2.13. The molecule has 130 valence electrons. The van der Waals surface area contributed by atoms with E-state index in [0.29, 0.717) is 6.42 Å². The zero-order chi connectivity index (χ0) is 19.5. The molecular weight excluding hydrogens is 330 g/mol. The molecule has 0 unspecified atom stereocenters. The van der Waals surface area contributed by atoms with Crippen molar-refractivity contribution in [2.75, 3.05) is 11.4 Å². The highest BCUT2D eigenvalue weighted by atomic mass is 15.1. The lowest BCUT2D eigenvalue weighted by molar-refractivity contribution is 1.04. The van der Waals surface area contributed by atoms with Gasteiger partial charge in [0.2, 0.25) is 0 Å². The molecule has 0 aliphatic carbocycles. The molecule has 0 aromatic heterocycles. The Labute approximate surface area is 161 Å². The SMILES string of the molecule is [C-]#[N+]C(=Cc1ccc(N(C#CC#CCc2ccccc2)CC)cc1C)[N+]#[C-]. The second kappa shape index (κ2) is 10.2. The molecule has 3 nitrogen and oxygen atoms in total. The molecule has 0 bridgehead atoms. The van der Waals surface area contributed by atoms with Gasteiger partial charge in [-0.25, -0.2) is 0 Å². The summed E-state index contributed by atoms with van der Waals surface area (Å²) in [7, 11) is 0. The summed E-state index contributed by atoms with van der Waals surface area (Å²) in [6, 6.07) is 19.0. The van der Waals surface area contributed by atoms with Crippen molar-refractivity contribution < 1.29 is 0 Å². The van der Waals surface area contributed by atoms with E-state index >= 15 is 0 Å². The molecule has 0 aliphatic heterocycles. The molecule has 0 heterocycles. The third-order valence-electron chi connectivity index (χ3n) is 3.87. The van der Waals surface area contributed by atoms with E-state index in [1.54, 1.807) is 6.08 Å². The smallest absolute Gasteiger partial charge is 0.301 e. The van der Waals surface area contributed by atoms with Crippen LogP contribution in [0.3, 0.4) is 0 Å². The molecule has 0 saturated carbocycles. The van der Waals surface area contributed by atoms with E-state index in [0.717, 1.165) is 23.4 Å². The lowest BCUT2D eigenvalue weighted by Gasteiger charge is -2.16. The van der Waals surface area contributed by atoms with Gasteiger partial charge in [-0.15, -0.1) is 0 Å². The van der Waals surface area contributed by atoms with Crippen molar-refractivity contribution in [3.63, 3.8) is 0 Å². The van der Waals surface area contributed by atoms with Crippen LogP contribution in [0.15, 0.2) is 54.4 Å². The van der Waals surface area contributed by atoms with Crippen LogP contribution in [0.4, 0.5) is 5.69 Å². The van der Waals surface area contributed by atoms with Crippen molar-refractivity contribution in [2.24, 2.45) is 0 Å². The topological polar surface area (TPSA) is 12.0 Å². The number of benzene rings is 2. The molecule has 2 rings (SSSR count). The zero-order valence-electron chi connectivity index (χ0n) is 15.5. The van der Waals surface area contributed by atoms with Crippen molar-refractivity contribution in [1.29, 1.82) is 0 Å². The molecule has 0 atom stereocenters. The highest BCUT2D eigenvalue weighted by Gasteiger charge is 2.07. The predicted molar refractivity (Wildman–Crippen MR) is 111 cm³/mol. The van der Waals surface area contributed by atoms with Gasteiger partial charge >= 0.3 is 5.82 Å². The molecule has 0 fully saturated rings. The number of hydrogen-bond donors (Lipinski definition) is 0. The van der Waals surface area contributed by atoms with Crippen LogP contribution in [0.1, 0.15) is 23.6 Å². The molecule has 0 radical (unpaired) electrons. The van der Waals surface area contributed by atoms with E-state index in [2.05, 4.69) is 33.5 Å². The van der Waals surface area contributed by atoms with Crippen molar-refractivity contribution in [2.45, 2.75) is 20.3 Å². The van der Waals surface area contributed by atoms with Gasteiger partial charge in [0.05, 0.1) is 0 Å². The summed E-state index contributed by atoms with van der Waals surface area (Å²) in [4.78, 5) is 8.34.